The van der Waals surface area contributed by atoms with E-state index in [0.717, 1.165) is 19.3 Å². The van der Waals surface area contributed by atoms with Crippen LogP contribution >= 0.6 is 0 Å². The van der Waals surface area contributed by atoms with Gasteiger partial charge in [0.25, 0.3) is 0 Å². The average Bonchev–Trinajstić information content (AvgIpc) is 2.60. The number of aliphatic carboxylic acids is 1. The SMILES string of the molecule is O=C(O)CCCC(=O)NCC1CCCC1O. The predicted molar refractivity (Wildman–Crippen MR) is 57.8 cm³/mol. The fourth-order valence-electron chi connectivity index (χ4n) is 1.99. The number of aliphatic hydroxyl groups excluding tert-OH is 1. The van der Waals surface area contributed by atoms with E-state index in [1.165, 1.54) is 0 Å². The van der Waals surface area contributed by atoms with E-state index >= 15 is 0 Å². The van der Waals surface area contributed by atoms with Crippen LogP contribution in [0.2, 0.25) is 0 Å². The molecule has 1 fully saturated rings. The summed E-state index contributed by atoms with van der Waals surface area (Å²) in [5.41, 5.74) is 0. The maximum Gasteiger partial charge on any atom is 0.303 e. The number of aliphatic hydroxyl groups is 1. The molecule has 92 valence electrons. The van der Waals surface area contributed by atoms with Gasteiger partial charge in [-0.1, -0.05) is 6.42 Å². The summed E-state index contributed by atoms with van der Waals surface area (Å²) in [6, 6.07) is 0. The zero-order valence-electron chi connectivity index (χ0n) is 9.32. The Kier molecular flexibility index (Phi) is 5.25. The van der Waals surface area contributed by atoms with Crippen LogP contribution in [-0.4, -0.2) is 34.7 Å². The minimum atomic E-state index is -0.876. The summed E-state index contributed by atoms with van der Waals surface area (Å²) in [6.07, 6.45) is 3.14. The fraction of sp³-hybridized carbons (Fsp3) is 0.818. The lowest BCUT2D eigenvalue weighted by Gasteiger charge is -2.14. The van der Waals surface area contributed by atoms with Crippen molar-refractivity contribution in [2.24, 2.45) is 5.92 Å². The molecule has 1 aliphatic rings. The highest BCUT2D eigenvalue weighted by Crippen LogP contribution is 2.24. The lowest BCUT2D eigenvalue weighted by atomic mass is 10.1. The van der Waals surface area contributed by atoms with E-state index in [1.807, 2.05) is 0 Å². The molecule has 0 aromatic carbocycles. The smallest absolute Gasteiger partial charge is 0.303 e. The summed E-state index contributed by atoms with van der Waals surface area (Å²) in [6.45, 7) is 0.507. The molecular formula is C11H19NO4. The van der Waals surface area contributed by atoms with E-state index < -0.39 is 5.97 Å². The van der Waals surface area contributed by atoms with E-state index in [2.05, 4.69) is 5.32 Å². The van der Waals surface area contributed by atoms with Gasteiger partial charge in [-0.15, -0.1) is 0 Å². The van der Waals surface area contributed by atoms with Crippen LogP contribution in [0, 0.1) is 5.92 Å². The van der Waals surface area contributed by atoms with Crippen LogP contribution in [0.15, 0.2) is 0 Å². The van der Waals surface area contributed by atoms with Gasteiger partial charge < -0.3 is 15.5 Å². The number of hydrogen-bond acceptors (Lipinski definition) is 3. The molecule has 5 heteroatoms. The molecule has 1 amide bonds. The molecule has 1 saturated carbocycles. The number of carbonyl (C=O) groups excluding carboxylic acids is 1. The van der Waals surface area contributed by atoms with E-state index in [1.54, 1.807) is 0 Å². The third-order valence-corrected chi connectivity index (χ3v) is 2.97. The average molecular weight is 229 g/mol. The van der Waals surface area contributed by atoms with Gasteiger partial charge in [-0.05, 0) is 19.3 Å². The summed E-state index contributed by atoms with van der Waals surface area (Å²) in [5, 5.41) is 20.7. The Bertz CT molecular complexity index is 254. The number of nitrogens with one attached hydrogen (secondary N) is 1. The normalized spacial score (nSPS) is 24.3. The summed E-state index contributed by atoms with van der Waals surface area (Å²) in [7, 11) is 0. The van der Waals surface area contributed by atoms with Gasteiger partial charge >= 0.3 is 5.97 Å². The fourth-order valence-corrected chi connectivity index (χ4v) is 1.99. The predicted octanol–water partition coefficient (Wildman–Crippen LogP) is 0.518. The van der Waals surface area contributed by atoms with Crippen LogP contribution < -0.4 is 5.32 Å². The van der Waals surface area contributed by atoms with E-state index in [9.17, 15) is 14.7 Å². The van der Waals surface area contributed by atoms with Crippen LogP contribution in [0.25, 0.3) is 0 Å². The Labute approximate surface area is 94.8 Å². The van der Waals surface area contributed by atoms with Crippen molar-refractivity contribution in [2.45, 2.75) is 44.6 Å². The van der Waals surface area contributed by atoms with Crippen molar-refractivity contribution in [3.63, 3.8) is 0 Å². The maximum absolute atomic E-state index is 11.3. The molecule has 1 aliphatic carbocycles. The Hall–Kier alpha value is -1.10. The molecule has 0 radical (unpaired) electrons. The second-order valence-corrected chi connectivity index (χ2v) is 4.31. The molecule has 0 saturated heterocycles. The molecule has 2 atom stereocenters. The van der Waals surface area contributed by atoms with Crippen molar-refractivity contribution in [3.05, 3.63) is 0 Å². The Balaban J connectivity index is 2.08. The second-order valence-electron chi connectivity index (χ2n) is 4.31. The van der Waals surface area contributed by atoms with E-state index in [0.29, 0.717) is 13.0 Å². The first-order chi connectivity index (χ1) is 7.59. The van der Waals surface area contributed by atoms with Crippen LogP contribution in [-0.2, 0) is 9.59 Å². The zero-order valence-corrected chi connectivity index (χ0v) is 9.32. The van der Waals surface area contributed by atoms with Gasteiger partial charge in [0.05, 0.1) is 6.10 Å². The summed E-state index contributed by atoms with van der Waals surface area (Å²) >= 11 is 0. The standard InChI is InChI=1S/C11H19NO4/c13-9-4-1-3-8(9)7-12-10(14)5-2-6-11(15)16/h8-9,13H,1-7H2,(H,12,14)(H,15,16). The van der Waals surface area contributed by atoms with Gasteiger partial charge in [0, 0.05) is 25.3 Å². The number of carboxylic acids is 1. The van der Waals surface area contributed by atoms with E-state index in [4.69, 9.17) is 5.11 Å². The molecule has 0 aliphatic heterocycles. The summed E-state index contributed by atoms with van der Waals surface area (Å²) < 4.78 is 0. The van der Waals surface area contributed by atoms with Gasteiger partial charge in [-0.25, -0.2) is 0 Å². The highest BCUT2D eigenvalue weighted by atomic mass is 16.4. The first-order valence-corrected chi connectivity index (χ1v) is 5.76. The Morgan fingerprint density at radius 2 is 2.00 bits per heavy atom. The highest BCUT2D eigenvalue weighted by Gasteiger charge is 2.25. The van der Waals surface area contributed by atoms with Crippen molar-refractivity contribution < 1.29 is 19.8 Å². The Morgan fingerprint density at radius 1 is 1.25 bits per heavy atom. The lowest BCUT2D eigenvalue weighted by Crippen LogP contribution is -2.32. The maximum atomic E-state index is 11.3. The minimum absolute atomic E-state index is 0.0273. The third-order valence-electron chi connectivity index (χ3n) is 2.97. The number of rotatable bonds is 6. The van der Waals surface area contributed by atoms with Gasteiger partial charge in [0.1, 0.15) is 0 Å². The molecule has 0 heterocycles. The van der Waals surface area contributed by atoms with Crippen molar-refractivity contribution >= 4 is 11.9 Å². The highest BCUT2D eigenvalue weighted by molar-refractivity contribution is 5.76. The van der Waals surface area contributed by atoms with Gasteiger partial charge in [-0.2, -0.15) is 0 Å². The monoisotopic (exact) mass is 229 g/mol. The quantitative estimate of drug-likeness (QED) is 0.619. The Morgan fingerprint density at radius 3 is 2.56 bits per heavy atom. The molecule has 5 nitrogen and oxygen atoms in total. The number of amides is 1. The van der Waals surface area contributed by atoms with E-state index in [-0.39, 0.29) is 30.8 Å². The molecule has 1 rings (SSSR count). The van der Waals surface area contributed by atoms with Crippen LogP contribution in [0.3, 0.4) is 0 Å². The first kappa shape index (κ1) is 13.0. The molecule has 2 unspecified atom stereocenters. The molecule has 16 heavy (non-hydrogen) atoms. The van der Waals surface area contributed by atoms with Crippen LogP contribution in [0.1, 0.15) is 38.5 Å². The van der Waals surface area contributed by atoms with Crippen LogP contribution in [0.5, 0.6) is 0 Å². The van der Waals surface area contributed by atoms with Crippen LogP contribution in [0.4, 0.5) is 0 Å². The molecule has 0 aromatic rings. The van der Waals surface area contributed by atoms with Crippen molar-refractivity contribution in [1.29, 1.82) is 0 Å². The largest absolute Gasteiger partial charge is 0.481 e. The lowest BCUT2D eigenvalue weighted by molar-refractivity contribution is -0.137. The molecule has 0 bridgehead atoms. The summed E-state index contributed by atoms with van der Waals surface area (Å²) in [4.78, 5) is 21.5. The van der Waals surface area contributed by atoms with Gasteiger partial charge in [0.2, 0.25) is 5.91 Å². The molecular weight excluding hydrogens is 210 g/mol. The van der Waals surface area contributed by atoms with Gasteiger partial charge in [0.15, 0.2) is 0 Å². The number of hydrogen-bond donors (Lipinski definition) is 3. The third kappa shape index (κ3) is 4.61. The second kappa shape index (κ2) is 6.48. The molecule has 3 N–H and O–H groups in total. The topological polar surface area (TPSA) is 86.6 Å². The zero-order chi connectivity index (χ0) is 12.0. The molecule has 0 spiro atoms. The first-order valence-electron chi connectivity index (χ1n) is 5.76. The number of carbonyl (C=O) groups is 2. The van der Waals surface area contributed by atoms with Crippen molar-refractivity contribution in [2.75, 3.05) is 6.54 Å². The molecule has 0 aromatic heterocycles. The van der Waals surface area contributed by atoms with Crippen molar-refractivity contribution in [1.82, 2.24) is 5.32 Å². The number of carboxylic acid groups (broad SMARTS) is 1. The summed E-state index contributed by atoms with van der Waals surface area (Å²) in [5.74, 6) is -0.831. The minimum Gasteiger partial charge on any atom is -0.481 e. The van der Waals surface area contributed by atoms with Gasteiger partial charge in [-0.3, -0.25) is 9.59 Å². The van der Waals surface area contributed by atoms with Crippen molar-refractivity contribution in [3.8, 4) is 0 Å².